The van der Waals surface area contributed by atoms with Crippen LogP contribution in [0, 0.1) is 5.82 Å². The zero-order valence-corrected chi connectivity index (χ0v) is 9.91. The highest BCUT2D eigenvalue weighted by atomic mass is 35.5. The van der Waals surface area contributed by atoms with Crippen LogP contribution in [0.4, 0.5) is 15.9 Å². The Balaban J connectivity index is 2.21. The van der Waals surface area contributed by atoms with Gasteiger partial charge in [-0.25, -0.2) is 9.37 Å². The van der Waals surface area contributed by atoms with Crippen molar-refractivity contribution in [2.45, 2.75) is 0 Å². The second-order valence-corrected chi connectivity index (χ2v) is 3.93. The zero-order chi connectivity index (χ0) is 13.1. The number of hydrogen-bond donors (Lipinski definition) is 2. The molecule has 2 rings (SSSR count). The summed E-state index contributed by atoms with van der Waals surface area (Å²) in [6, 6.07) is 7.35. The van der Waals surface area contributed by atoms with E-state index in [1.807, 2.05) is 0 Å². The number of amides is 1. The molecule has 0 saturated carbocycles. The molecule has 0 aliphatic heterocycles. The van der Waals surface area contributed by atoms with Crippen molar-refractivity contribution in [3.05, 3.63) is 52.9 Å². The van der Waals surface area contributed by atoms with Gasteiger partial charge in [0.05, 0.1) is 16.3 Å². The van der Waals surface area contributed by atoms with Crippen molar-refractivity contribution in [2.75, 3.05) is 11.1 Å². The first-order valence-electron chi connectivity index (χ1n) is 5.05. The van der Waals surface area contributed by atoms with Gasteiger partial charge < -0.3 is 11.1 Å². The average molecular weight is 266 g/mol. The molecule has 3 N–H and O–H groups in total. The van der Waals surface area contributed by atoms with Gasteiger partial charge in [0.15, 0.2) is 5.82 Å². The number of nitrogen functional groups attached to an aromatic ring is 1. The lowest BCUT2D eigenvalue weighted by Gasteiger charge is -2.07. The van der Waals surface area contributed by atoms with Crippen LogP contribution < -0.4 is 11.1 Å². The van der Waals surface area contributed by atoms with Gasteiger partial charge in [0.25, 0.3) is 5.91 Å². The molecule has 6 heteroatoms. The van der Waals surface area contributed by atoms with E-state index < -0.39 is 11.7 Å². The van der Waals surface area contributed by atoms with E-state index in [4.69, 9.17) is 17.3 Å². The number of carbonyl (C=O) groups excluding carboxylic acids is 1. The Bertz CT molecular complexity index is 586. The third-order valence-electron chi connectivity index (χ3n) is 2.25. The highest BCUT2D eigenvalue weighted by Crippen LogP contribution is 2.22. The van der Waals surface area contributed by atoms with Gasteiger partial charge in [0, 0.05) is 6.20 Å². The fourth-order valence-corrected chi connectivity index (χ4v) is 1.51. The average Bonchev–Trinajstić information content (AvgIpc) is 2.36. The summed E-state index contributed by atoms with van der Waals surface area (Å²) >= 11 is 5.61. The molecule has 18 heavy (non-hydrogen) atoms. The van der Waals surface area contributed by atoms with Crippen LogP contribution in [0.3, 0.4) is 0 Å². The minimum absolute atomic E-state index is 0.0179. The van der Waals surface area contributed by atoms with Crippen molar-refractivity contribution in [3.63, 3.8) is 0 Å². The molecule has 0 aliphatic carbocycles. The number of carbonyl (C=O) groups is 1. The lowest BCUT2D eigenvalue weighted by atomic mass is 10.2. The summed E-state index contributed by atoms with van der Waals surface area (Å²) in [6.07, 6.45) is 1.31. The van der Waals surface area contributed by atoms with Crippen molar-refractivity contribution >= 4 is 29.0 Å². The molecule has 1 amide bonds. The number of nitrogens with two attached hydrogens (primary N) is 1. The highest BCUT2D eigenvalue weighted by molar-refractivity contribution is 6.31. The molecule has 0 fully saturated rings. The largest absolute Gasteiger partial charge is 0.384 e. The maximum atomic E-state index is 13.6. The first-order chi connectivity index (χ1) is 8.58. The van der Waals surface area contributed by atoms with Crippen molar-refractivity contribution in [3.8, 4) is 0 Å². The lowest BCUT2D eigenvalue weighted by Crippen LogP contribution is -2.13. The summed E-state index contributed by atoms with van der Waals surface area (Å²) in [6.45, 7) is 0. The number of benzene rings is 1. The van der Waals surface area contributed by atoms with Gasteiger partial charge in [-0.05, 0) is 24.3 Å². The Kier molecular flexibility index (Phi) is 3.43. The number of hydrogen-bond acceptors (Lipinski definition) is 3. The fraction of sp³-hybridized carbons (Fsp3) is 0. The lowest BCUT2D eigenvalue weighted by molar-refractivity contribution is 0.102. The van der Waals surface area contributed by atoms with Crippen LogP contribution in [-0.4, -0.2) is 10.9 Å². The highest BCUT2D eigenvalue weighted by Gasteiger charge is 2.11. The number of halogens is 2. The quantitative estimate of drug-likeness (QED) is 0.877. The molecule has 0 saturated heterocycles. The molecule has 0 radical (unpaired) electrons. The first-order valence-corrected chi connectivity index (χ1v) is 5.42. The SMILES string of the molecule is Nc1ccc(C(=O)Nc2cccc(Cl)c2F)cn1. The van der Waals surface area contributed by atoms with Gasteiger partial charge in [0.1, 0.15) is 5.82 Å². The Morgan fingerprint density at radius 1 is 1.33 bits per heavy atom. The second-order valence-electron chi connectivity index (χ2n) is 3.53. The fourth-order valence-electron chi connectivity index (χ4n) is 1.33. The third kappa shape index (κ3) is 2.57. The molecular formula is C12H9ClFN3O. The predicted octanol–water partition coefficient (Wildman–Crippen LogP) is 2.71. The summed E-state index contributed by atoms with van der Waals surface area (Å²) in [5.41, 5.74) is 5.70. The Labute approximate surface area is 108 Å². The van der Waals surface area contributed by atoms with Gasteiger partial charge in [-0.1, -0.05) is 17.7 Å². The summed E-state index contributed by atoms with van der Waals surface area (Å²) in [4.78, 5) is 15.6. The third-order valence-corrected chi connectivity index (χ3v) is 2.54. The molecule has 0 spiro atoms. The first kappa shape index (κ1) is 12.3. The molecular weight excluding hydrogens is 257 g/mol. The molecule has 0 atom stereocenters. The second kappa shape index (κ2) is 5.01. The summed E-state index contributed by atoms with van der Waals surface area (Å²) in [5, 5.41) is 2.36. The number of anilines is 2. The number of rotatable bonds is 2. The van der Waals surface area contributed by atoms with E-state index in [1.165, 1.54) is 30.5 Å². The minimum atomic E-state index is -0.670. The Morgan fingerprint density at radius 3 is 2.78 bits per heavy atom. The van der Waals surface area contributed by atoms with Gasteiger partial charge in [-0.3, -0.25) is 4.79 Å². The van der Waals surface area contributed by atoms with Gasteiger partial charge in [-0.2, -0.15) is 0 Å². The monoisotopic (exact) mass is 265 g/mol. The van der Waals surface area contributed by atoms with Crippen LogP contribution in [0.2, 0.25) is 5.02 Å². The molecule has 92 valence electrons. The summed E-state index contributed by atoms with van der Waals surface area (Å²) < 4.78 is 13.6. The van der Waals surface area contributed by atoms with Gasteiger partial charge in [0.2, 0.25) is 0 Å². The topological polar surface area (TPSA) is 68.0 Å². The summed E-state index contributed by atoms with van der Waals surface area (Å²) in [7, 11) is 0. The summed E-state index contributed by atoms with van der Waals surface area (Å²) in [5.74, 6) is -0.847. The van der Waals surface area contributed by atoms with Gasteiger partial charge in [-0.15, -0.1) is 0 Å². The van der Waals surface area contributed by atoms with Crippen LogP contribution in [0.15, 0.2) is 36.5 Å². The molecule has 0 bridgehead atoms. The normalized spacial score (nSPS) is 10.1. The van der Waals surface area contributed by atoms with Crippen LogP contribution >= 0.6 is 11.6 Å². The standard InChI is InChI=1S/C12H9ClFN3O/c13-8-2-1-3-9(11(8)14)17-12(18)7-4-5-10(15)16-6-7/h1-6H,(H2,15,16)(H,17,18). The molecule has 1 heterocycles. The zero-order valence-electron chi connectivity index (χ0n) is 9.15. The van der Waals surface area contributed by atoms with E-state index in [0.717, 1.165) is 0 Å². The molecule has 0 unspecified atom stereocenters. The number of nitrogens with one attached hydrogen (secondary N) is 1. The van der Waals surface area contributed by atoms with Crippen LogP contribution in [0.1, 0.15) is 10.4 Å². The Hall–Kier alpha value is -2.14. The van der Waals surface area contributed by atoms with Crippen LogP contribution in [0.25, 0.3) is 0 Å². The molecule has 1 aromatic heterocycles. The number of pyridine rings is 1. The van der Waals surface area contributed by atoms with E-state index in [0.29, 0.717) is 5.82 Å². The number of aromatic nitrogens is 1. The van der Waals surface area contributed by atoms with E-state index in [1.54, 1.807) is 6.07 Å². The van der Waals surface area contributed by atoms with E-state index in [-0.39, 0.29) is 16.3 Å². The van der Waals surface area contributed by atoms with Crippen molar-refractivity contribution in [2.24, 2.45) is 0 Å². The minimum Gasteiger partial charge on any atom is -0.384 e. The van der Waals surface area contributed by atoms with Crippen LogP contribution in [0.5, 0.6) is 0 Å². The van der Waals surface area contributed by atoms with Crippen molar-refractivity contribution in [1.29, 1.82) is 0 Å². The number of nitrogens with zero attached hydrogens (tertiary/aromatic N) is 1. The smallest absolute Gasteiger partial charge is 0.257 e. The van der Waals surface area contributed by atoms with E-state index in [9.17, 15) is 9.18 Å². The molecule has 0 aliphatic rings. The van der Waals surface area contributed by atoms with Crippen LogP contribution in [-0.2, 0) is 0 Å². The molecule has 2 aromatic rings. The van der Waals surface area contributed by atoms with Crippen molar-refractivity contribution < 1.29 is 9.18 Å². The molecule has 4 nitrogen and oxygen atoms in total. The maximum Gasteiger partial charge on any atom is 0.257 e. The van der Waals surface area contributed by atoms with E-state index in [2.05, 4.69) is 10.3 Å². The predicted molar refractivity (Wildman–Crippen MR) is 68.0 cm³/mol. The van der Waals surface area contributed by atoms with Crippen molar-refractivity contribution in [1.82, 2.24) is 4.98 Å². The Morgan fingerprint density at radius 2 is 2.11 bits per heavy atom. The van der Waals surface area contributed by atoms with Gasteiger partial charge >= 0.3 is 0 Å². The maximum absolute atomic E-state index is 13.6. The molecule has 1 aromatic carbocycles. The van der Waals surface area contributed by atoms with E-state index >= 15 is 0 Å².